The Morgan fingerprint density at radius 1 is 1.26 bits per heavy atom. The lowest BCUT2D eigenvalue weighted by Crippen LogP contribution is -2.31. The lowest BCUT2D eigenvalue weighted by Gasteiger charge is -2.14. The molecule has 1 unspecified atom stereocenters. The maximum Gasteiger partial charge on any atom is 0.261 e. The third kappa shape index (κ3) is 5.23. The zero-order chi connectivity index (χ0) is 16.1. The van der Waals surface area contributed by atoms with E-state index in [1.165, 1.54) is 16.9 Å². The van der Waals surface area contributed by atoms with Crippen molar-refractivity contribution in [2.45, 2.75) is 25.8 Å². The molecule has 1 aromatic heterocycles. The maximum absolute atomic E-state index is 12.0. The third-order valence-corrected chi connectivity index (χ3v) is 4.46. The van der Waals surface area contributed by atoms with Crippen molar-refractivity contribution in [3.8, 4) is 5.75 Å². The number of halogens is 1. The summed E-state index contributed by atoms with van der Waals surface area (Å²) in [5.41, 5.74) is 8.45. The average Bonchev–Trinajstić information content (AvgIpc) is 3.01. The van der Waals surface area contributed by atoms with Gasteiger partial charge in [0.1, 0.15) is 5.75 Å². The molecule has 1 atom stereocenters. The van der Waals surface area contributed by atoms with Crippen molar-refractivity contribution in [1.82, 2.24) is 5.32 Å². The van der Waals surface area contributed by atoms with Crippen LogP contribution in [0.3, 0.4) is 0 Å². The van der Waals surface area contributed by atoms with Crippen LogP contribution in [0.1, 0.15) is 46.6 Å². The van der Waals surface area contributed by atoms with E-state index in [0.29, 0.717) is 23.1 Å². The molecule has 1 aromatic carbocycles. The van der Waals surface area contributed by atoms with Gasteiger partial charge in [0.2, 0.25) is 0 Å². The Kier molecular flexibility index (Phi) is 7.55. The van der Waals surface area contributed by atoms with Crippen LogP contribution in [0.5, 0.6) is 5.75 Å². The average molecular weight is 355 g/mol. The van der Waals surface area contributed by atoms with Crippen molar-refractivity contribution in [1.29, 1.82) is 0 Å². The number of thiophene rings is 1. The molecular weight excluding hydrogens is 332 g/mol. The van der Waals surface area contributed by atoms with Crippen LogP contribution >= 0.6 is 23.7 Å². The van der Waals surface area contributed by atoms with Gasteiger partial charge in [-0.05, 0) is 17.0 Å². The van der Waals surface area contributed by atoms with Crippen molar-refractivity contribution >= 4 is 29.7 Å². The van der Waals surface area contributed by atoms with Gasteiger partial charge in [-0.25, -0.2) is 0 Å². The monoisotopic (exact) mass is 354 g/mol. The highest BCUT2D eigenvalue weighted by Gasteiger charge is 2.12. The van der Waals surface area contributed by atoms with Crippen LogP contribution in [-0.2, 0) is 0 Å². The molecule has 0 saturated carbocycles. The summed E-state index contributed by atoms with van der Waals surface area (Å²) in [5, 5.41) is 4.67. The first-order valence-electron chi connectivity index (χ1n) is 7.27. The molecule has 0 bridgehead atoms. The molecule has 4 nitrogen and oxygen atoms in total. The van der Waals surface area contributed by atoms with Crippen molar-refractivity contribution in [3.63, 3.8) is 0 Å². The van der Waals surface area contributed by atoms with Gasteiger partial charge in [-0.15, -0.1) is 23.7 Å². The standard InChI is InChI=1S/C17H22N2O2S.ClH/c1-11(2)12-4-6-13(7-5-12)15(18)9-19-17(20)16-8-14(21-3)10-22-16;/h4-8,10-11,15H,9,18H2,1-3H3,(H,19,20);1H. The zero-order valence-corrected chi connectivity index (χ0v) is 15.2. The summed E-state index contributed by atoms with van der Waals surface area (Å²) >= 11 is 1.36. The molecule has 0 aliphatic carbocycles. The fourth-order valence-electron chi connectivity index (χ4n) is 2.08. The van der Waals surface area contributed by atoms with E-state index in [1.54, 1.807) is 18.6 Å². The van der Waals surface area contributed by atoms with Gasteiger partial charge in [-0.2, -0.15) is 0 Å². The van der Waals surface area contributed by atoms with Crippen LogP contribution in [0.15, 0.2) is 35.7 Å². The van der Waals surface area contributed by atoms with Gasteiger partial charge in [-0.1, -0.05) is 38.1 Å². The number of carbonyl (C=O) groups is 1. The third-order valence-electron chi connectivity index (χ3n) is 3.55. The molecule has 2 rings (SSSR count). The number of methoxy groups -OCH3 is 1. The SMILES string of the molecule is COc1csc(C(=O)NCC(N)c2ccc(C(C)C)cc2)c1.Cl. The van der Waals surface area contributed by atoms with Crippen molar-refractivity contribution in [2.24, 2.45) is 5.73 Å². The van der Waals surface area contributed by atoms with Gasteiger partial charge < -0.3 is 15.8 Å². The van der Waals surface area contributed by atoms with E-state index in [2.05, 4.69) is 31.3 Å². The molecule has 0 saturated heterocycles. The summed E-state index contributed by atoms with van der Waals surface area (Å²) in [5.74, 6) is 1.07. The molecule has 0 radical (unpaired) electrons. The Morgan fingerprint density at radius 3 is 2.39 bits per heavy atom. The van der Waals surface area contributed by atoms with Crippen LogP contribution in [0, 0.1) is 0 Å². The van der Waals surface area contributed by atoms with Gasteiger partial charge in [0.25, 0.3) is 5.91 Å². The number of hydrogen-bond acceptors (Lipinski definition) is 4. The highest BCUT2D eigenvalue weighted by molar-refractivity contribution is 7.12. The highest BCUT2D eigenvalue weighted by Crippen LogP contribution is 2.21. The van der Waals surface area contributed by atoms with Gasteiger partial charge in [0.05, 0.1) is 12.0 Å². The topological polar surface area (TPSA) is 64.3 Å². The molecular formula is C17H23ClN2O2S. The summed E-state index contributed by atoms with van der Waals surface area (Å²) < 4.78 is 5.08. The van der Waals surface area contributed by atoms with Crippen LogP contribution in [-0.4, -0.2) is 19.6 Å². The molecule has 1 heterocycles. The molecule has 0 fully saturated rings. The van der Waals surface area contributed by atoms with E-state index >= 15 is 0 Å². The van der Waals surface area contributed by atoms with Crippen molar-refractivity contribution in [3.05, 3.63) is 51.7 Å². The Morgan fingerprint density at radius 2 is 1.87 bits per heavy atom. The van der Waals surface area contributed by atoms with E-state index in [1.807, 2.05) is 12.1 Å². The molecule has 23 heavy (non-hydrogen) atoms. The number of carbonyl (C=O) groups excluding carboxylic acids is 1. The minimum atomic E-state index is -0.216. The molecule has 3 N–H and O–H groups in total. The lowest BCUT2D eigenvalue weighted by molar-refractivity contribution is 0.0955. The number of benzene rings is 1. The normalized spacial score (nSPS) is 11.7. The summed E-state index contributed by atoms with van der Waals surface area (Å²) in [4.78, 5) is 12.7. The largest absolute Gasteiger partial charge is 0.496 e. The molecule has 6 heteroatoms. The minimum Gasteiger partial charge on any atom is -0.496 e. The second kappa shape index (κ2) is 8.91. The van der Waals surface area contributed by atoms with Crippen LogP contribution in [0.2, 0.25) is 0 Å². The van der Waals surface area contributed by atoms with Gasteiger partial charge >= 0.3 is 0 Å². The first kappa shape index (κ1) is 19.5. The Labute approximate surface area is 147 Å². The van der Waals surface area contributed by atoms with Gasteiger partial charge in [0.15, 0.2) is 0 Å². The first-order chi connectivity index (χ1) is 10.5. The van der Waals surface area contributed by atoms with Crippen molar-refractivity contribution in [2.75, 3.05) is 13.7 Å². The number of nitrogens with two attached hydrogens (primary N) is 1. The summed E-state index contributed by atoms with van der Waals surface area (Å²) in [6.07, 6.45) is 0. The van der Waals surface area contributed by atoms with E-state index in [9.17, 15) is 4.79 Å². The number of ether oxygens (including phenoxy) is 1. The molecule has 2 aromatic rings. The molecule has 1 amide bonds. The van der Waals surface area contributed by atoms with Gasteiger partial charge in [-0.3, -0.25) is 4.79 Å². The van der Waals surface area contributed by atoms with Crippen molar-refractivity contribution < 1.29 is 9.53 Å². The number of hydrogen-bond donors (Lipinski definition) is 2. The van der Waals surface area contributed by atoms with E-state index in [4.69, 9.17) is 10.5 Å². The maximum atomic E-state index is 12.0. The predicted octanol–water partition coefficient (Wildman–Crippen LogP) is 3.73. The number of amides is 1. The fourth-order valence-corrected chi connectivity index (χ4v) is 2.85. The zero-order valence-electron chi connectivity index (χ0n) is 13.5. The van der Waals surface area contributed by atoms with Crippen LogP contribution in [0.4, 0.5) is 0 Å². The Bertz CT molecular complexity index is 626. The fraction of sp³-hybridized carbons (Fsp3) is 0.353. The second-order valence-corrected chi connectivity index (χ2v) is 6.40. The second-order valence-electron chi connectivity index (χ2n) is 5.49. The number of nitrogens with one attached hydrogen (secondary N) is 1. The highest BCUT2D eigenvalue weighted by atomic mass is 35.5. The molecule has 0 spiro atoms. The molecule has 0 aliphatic heterocycles. The summed E-state index contributed by atoms with van der Waals surface area (Å²) in [7, 11) is 1.58. The lowest BCUT2D eigenvalue weighted by atomic mass is 9.99. The summed E-state index contributed by atoms with van der Waals surface area (Å²) in [6, 6.07) is 9.74. The summed E-state index contributed by atoms with van der Waals surface area (Å²) in [6.45, 7) is 4.72. The quantitative estimate of drug-likeness (QED) is 0.830. The van der Waals surface area contributed by atoms with Crippen LogP contribution in [0.25, 0.3) is 0 Å². The smallest absolute Gasteiger partial charge is 0.261 e. The Balaban J connectivity index is 0.00000264. The van der Waals surface area contributed by atoms with E-state index < -0.39 is 0 Å². The van der Waals surface area contributed by atoms with E-state index in [-0.39, 0.29) is 24.4 Å². The van der Waals surface area contributed by atoms with Gasteiger partial charge in [0, 0.05) is 24.0 Å². The number of rotatable bonds is 6. The predicted molar refractivity (Wildman–Crippen MR) is 97.9 cm³/mol. The van der Waals surface area contributed by atoms with E-state index in [0.717, 1.165) is 5.56 Å². The van der Waals surface area contributed by atoms with Crippen LogP contribution < -0.4 is 15.8 Å². The molecule has 0 aliphatic rings. The first-order valence-corrected chi connectivity index (χ1v) is 8.15. The minimum absolute atomic E-state index is 0. The molecule has 126 valence electrons. The Hall–Kier alpha value is -1.56.